The standard InChI is InChI=1S/C21H23ClN2O5/c1-5-29-19-12-15(11-18(22)21(19)28-4)9-10-20(25)23(3)14(2)16-7-6-8-17(13-16)24(26)27/h6-14H,5H2,1-4H3/b10-9+/t14-/m0/s1. The Hall–Kier alpha value is -3.06. The lowest BCUT2D eigenvalue weighted by Crippen LogP contribution is -2.28. The molecule has 0 aliphatic heterocycles. The van der Waals surface area contributed by atoms with E-state index in [4.69, 9.17) is 21.1 Å². The number of carbonyl (C=O) groups excluding carboxylic acids is 1. The van der Waals surface area contributed by atoms with Crippen LogP contribution in [0.25, 0.3) is 6.08 Å². The van der Waals surface area contributed by atoms with Gasteiger partial charge < -0.3 is 14.4 Å². The summed E-state index contributed by atoms with van der Waals surface area (Å²) in [5, 5.41) is 11.3. The van der Waals surface area contributed by atoms with Crippen LogP contribution in [0.15, 0.2) is 42.5 Å². The molecular formula is C21H23ClN2O5. The Morgan fingerprint density at radius 2 is 2.07 bits per heavy atom. The van der Waals surface area contributed by atoms with E-state index in [9.17, 15) is 14.9 Å². The highest BCUT2D eigenvalue weighted by molar-refractivity contribution is 6.32. The van der Waals surface area contributed by atoms with Gasteiger partial charge in [0.1, 0.15) is 0 Å². The molecule has 0 aliphatic rings. The van der Waals surface area contributed by atoms with Crippen molar-refractivity contribution in [1.82, 2.24) is 4.90 Å². The Balaban J connectivity index is 2.19. The zero-order valence-electron chi connectivity index (χ0n) is 16.7. The Morgan fingerprint density at radius 1 is 1.34 bits per heavy atom. The van der Waals surface area contributed by atoms with E-state index in [0.29, 0.717) is 34.3 Å². The molecule has 0 saturated carbocycles. The molecule has 0 N–H and O–H groups in total. The van der Waals surface area contributed by atoms with Gasteiger partial charge in [0.25, 0.3) is 5.69 Å². The number of methoxy groups -OCH3 is 1. The first-order valence-corrected chi connectivity index (χ1v) is 9.35. The van der Waals surface area contributed by atoms with Crippen molar-refractivity contribution >= 4 is 29.3 Å². The summed E-state index contributed by atoms with van der Waals surface area (Å²) >= 11 is 6.23. The number of nitrogens with zero attached hydrogens (tertiary/aromatic N) is 2. The van der Waals surface area contributed by atoms with Crippen molar-refractivity contribution in [3.63, 3.8) is 0 Å². The zero-order valence-corrected chi connectivity index (χ0v) is 17.5. The number of ether oxygens (including phenoxy) is 2. The summed E-state index contributed by atoms with van der Waals surface area (Å²) in [6.07, 6.45) is 3.05. The predicted molar refractivity (Wildman–Crippen MR) is 112 cm³/mol. The third-order valence-electron chi connectivity index (χ3n) is 4.45. The third-order valence-corrected chi connectivity index (χ3v) is 4.73. The average Bonchev–Trinajstić information content (AvgIpc) is 2.71. The molecule has 154 valence electrons. The fourth-order valence-corrected chi connectivity index (χ4v) is 3.04. The molecule has 0 aliphatic carbocycles. The molecular weight excluding hydrogens is 396 g/mol. The molecule has 0 saturated heterocycles. The van der Waals surface area contributed by atoms with Crippen molar-refractivity contribution in [3.8, 4) is 11.5 Å². The van der Waals surface area contributed by atoms with E-state index in [2.05, 4.69) is 0 Å². The Kier molecular flexibility index (Phi) is 7.61. The first-order valence-electron chi connectivity index (χ1n) is 8.98. The topological polar surface area (TPSA) is 81.9 Å². The first kappa shape index (κ1) is 22.2. The number of carbonyl (C=O) groups is 1. The maximum Gasteiger partial charge on any atom is 0.269 e. The van der Waals surface area contributed by atoms with Crippen LogP contribution in [-0.2, 0) is 4.79 Å². The SMILES string of the molecule is CCOc1cc(/C=C/C(=O)N(C)[C@@H](C)c2cccc([N+](=O)[O-])c2)cc(Cl)c1OC. The molecule has 0 bridgehead atoms. The number of halogens is 1. The maximum absolute atomic E-state index is 12.6. The fourth-order valence-electron chi connectivity index (χ4n) is 2.74. The number of hydrogen-bond acceptors (Lipinski definition) is 5. The molecule has 29 heavy (non-hydrogen) atoms. The highest BCUT2D eigenvalue weighted by Gasteiger charge is 2.18. The fraction of sp³-hybridized carbons (Fsp3) is 0.286. The van der Waals surface area contributed by atoms with E-state index >= 15 is 0 Å². The Labute approximate surface area is 174 Å². The molecule has 1 amide bonds. The number of amides is 1. The normalized spacial score (nSPS) is 11.9. The highest BCUT2D eigenvalue weighted by atomic mass is 35.5. The number of nitro groups is 1. The summed E-state index contributed by atoms with van der Waals surface area (Å²) in [4.78, 5) is 24.6. The van der Waals surface area contributed by atoms with E-state index in [1.54, 1.807) is 37.4 Å². The minimum Gasteiger partial charge on any atom is -0.491 e. The molecule has 2 rings (SSSR count). The van der Waals surface area contributed by atoms with Crippen LogP contribution in [0.2, 0.25) is 5.02 Å². The van der Waals surface area contributed by atoms with Gasteiger partial charge >= 0.3 is 0 Å². The summed E-state index contributed by atoms with van der Waals surface area (Å²) in [6.45, 7) is 4.11. The minimum atomic E-state index is -0.457. The van der Waals surface area contributed by atoms with Crippen LogP contribution < -0.4 is 9.47 Å². The van der Waals surface area contributed by atoms with Crippen molar-refractivity contribution in [1.29, 1.82) is 0 Å². The lowest BCUT2D eigenvalue weighted by atomic mass is 10.1. The summed E-state index contributed by atoms with van der Waals surface area (Å²) in [6, 6.07) is 9.32. The van der Waals surface area contributed by atoms with Crippen molar-refractivity contribution in [2.45, 2.75) is 19.9 Å². The van der Waals surface area contributed by atoms with Crippen LogP contribution in [0.1, 0.15) is 31.0 Å². The van der Waals surface area contributed by atoms with E-state index in [0.717, 1.165) is 0 Å². The lowest BCUT2D eigenvalue weighted by Gasteiger charge is -2.24. The molecule has 2 aromatic rings. The number of likely N-dealkylation sites (N-methyl/N-ethyl adjacent to an activating group) is 1. The van der Waals surface area contributed by atoms with Crippen LogP contribution in [-0.4, -0.2) is 36.5 Å². The Morgan fingerprint density at radius 3 is 2.69 bits per heavy atom. The van der Waals surface area contributed by atoms with Gasteiger partial charge in [-0.25, -0.2) is 0 Å². The van der Waals surface area contributed by atoms with Crippen molar-refractivity contribution in [2.75, 3.05) is 20.8 Å². The van der Waals surface area contributed by atoms with E-state index in [-0.39, 0.29) is 17.6 Å². The average molecular weight is 419 g/mol. The van der Waals surface area contributed by atoms with Gasteiger partial charge in [-0.15, -0.1) is 0 Å². The molecule has 2 aromatic carbocycles. The molecule has 8 heteroatoms. The van der Waals surface area contributed by atoms with Crippen molar-refractivity contribution in [2.24, 2.45) is 0 Å². The molecule has 7 nitrogen and oxygen atoms in total. The predicted octanol–water partition coefficient (Wildman–Crippen LogP) is 4.89. The van der Waals surface area contributed by atoms with Gasteiger partial charge in [-0.05, 0) is 43.2 Å². The van der Waals surface area contributed by atoms with Gasteiger partial charge in [0.15, 0.2) is 11.5 Å². The van der Waals surface area contributed by atoms with E-state index in [1.165, 1.54) is 30.2 Å². The number of benzene rings is 2. The zero-order chi connectivity index (χ0) is 21.6. The van der Waals surface area contributed by atoms with Gasteiger partial charge in [0.05, 0.1) is 29.7 Å². The number of nitro benzene ring substituents is 1. The van der Waals surface area contributed by atoms with Crippen LogP contribution in [0.3, 0.4) is 0 Å². The molecule has 0 spiro atoms. The second-order valence-electron chi connectivity index (χ2n) is 6.28. The van der Waals surface area contributed by atoms with Crippen LogP contribution in [0, 0.1) is 10.1 Å². The van der Waals surface area contributed by atoms with Crippen LogP contribution >= 0.6 is 11.6 Å². The largest absolute Gasteiger partial charge is 0.491 e. The van der Waals surface area contributed by atoms with Crippen LogP contribution in [0.4, 0.5) is 5.69 Å². The lowest BCUT2D eigenvalue weighted by molar-refractivity contribution is -0.384. The van der Waals surface area contributed by atoms with Crippen molar-refractivity contribution < 1.29 is 19.2 Å². The first-order chi connectivity index (χ1) is 13.8. The molecule has 0 radical (unpaired) electrons. The monoisotopic (exact) mass is 418 g/mol. The molecule has 0 heterocycles. The van der Waals surface area contributed by atoms with Gasteiger partial charge in [-0.3, -0.25) is 14.9 Å². The molecule has 1 atom stereocenters. The second kappa shape index (κ2) is 9.93. The summed E-state index contributed by atoms with van der Waals surface area (Å²) in [7, 11) is 3.15. The van der Waals surface area contributed by atoms with Gasteiger partial charge in [0.2, 0.25) is 5.91 Å². The van der Waals surface area contributed by atoms with Gasteiger partial charge in [-0.2, -0.15) is 0 Å². The number of non-ortho nitro benzene ring substituents is 1. The summed E-state index contributed by atoms with van der Waals surface area (Å²) < 4.78 is 10.8. The second-order valence-corrected chi connectivity index (χ2v) is 6.68. The molecule has 0 aromatic heterocycles. The van der Waals surface area contributed by atoms with Gasteiger partial charge in [0, 0.05) is 25.3 Å². The van der Waals surface area contributed by atoms with Crippen LogP contribution in [0.5, 0.6) is 11.5 Å². The van der Waals surface area contributed by atoms with E-state index < -0.39 is 4.92 Å². The smallest absolute Gasteiger partial charge is 0.269 e. The molecule has 0 fully saturated rings. The summed E-state index contributed by atoms with van der Waals surface area (Å²) in [5.74, 6) is 0.676. The Bertz CT molecular complexity index is 929. The number of hydrogen-bond donors (Lipinski definition) is 0. The minimum absolute atomic E-state index is 0.0120. The van der Waals surface area contributed by atoms with Gasteiger partial charge in [-0.1, -0.05) is 23.7 Å². The summed E-state index contributed by atoms with van der Waals surface area (Å²) in [5.41, 5.74) is 1.35. The quantitative estimate of drug-likeness (QED) is 0.346. The highest BCUT2D eigenvalue weighted by Crippen LogP contribution is 2.36. The maximum atomic E-state index is 12.6. The number of rotatable bonds is 8. The van der Waals surface area contributed by atoms with Crippen molar-refractivity contribution in [3.05, 3.63) is 68.7 Å². The third kappa shape index (κ3) is 5.48. The molecule has 0 unspecified atom stereocenters. The van der Waals surface area contributed by atoms with E-state index in [1.807, 2.05) is 13.8 Å².